The summed E-state index contributed by atoms with van der Waals surface area (Å²) >= 11 is 1.53. The van der Waals surface area contributed by atoms with Crippen molar-refractivity contribution in [3.63, 3.8) is 0 Å². The van der Waals surface area contributed by atoms with Crippen molar-refractivity contribution in [2.24, 2.45) is 5.92 Å². The van der Waals surface area contributed by atoms with Gasteiger partial charge < -0.3 is 15.1 Å². The van der Waals surface area contributed by atoms with E-state index >= 15 is 0 Å². The van der Waals surface area contributed by atoms with Crippen molar-refractivity contribution in [3.8, 4) is 0 Å². The van der Waals surface area contributed by atoms with Gasteiger partial charge in [-0.25, -0.2) is 4.79 Å². The van der Waals surface area contributed by atoms with Crippen molar-refractivity contribution in [3.05, 3.63) is 22.4 Å². The standard InChI is InChI=1S/C23H34N4O3S/c1-3-10-23(18-6-12-26(13-7-18)20(28)17-9-15-31-16-17)21(29)27(22(30)24-23)14-8-19-5-4-11-25(19)2/h9,15-16,18-19H,3-8,10-14H2,1-2H3,(H,24,30)/t19-,23+/m1/s1. The highest BCUT2D eigenvalue weighted by atomic mass is 32.1. The molecule has 0 aromatic carbocycles. The molecule has 4 rings (SSSR count). The number of nitrogens with zero attached hydrogens (tertiary/aromatic N) is 3. The summed E-state index contributed by atoms with van der Waals surface area (Å²) in [5, 5.41) is 6.92. The highest BCUT2D eigenvalue weighted by Crippen LogP contribution is 2.37. The van der Waals surface area contributed by atoms with Crippen LogP contribution in [0.15, 0.2) is 16.8 Å². The molecule has 7 nitrogen and oxygen atoms in total. The van der Waals surface area contributed by atoms with Gasteiger partial charge in [0.2, 0.25) is 0 Å². The van der Waals surface area contributed by atoms with Gasteiger partial charge in [0.25, 0.3) is 11.8 Å². The Hall–Kier alpha value is -1.93. The number of hydrogen-bond acceptors (Lipinski definition) is 5. The topological polar surface area (TPSA) is 73.0 Å². The highest BCUT2D eigenvalue weighted by molar-refractivity contribution is 7.08. The first kappa shape index (κ1) is 22.3. The zero-order chi connectivity index (χ0) is 22.0. The normalized spacial score (nSPS) is 27.9. The summed E-state index contributed by atoms with van der Waals surface area (Å²) in [4.78, 5) is 44.8. The molecular weight excluding hydrogens is 412 g/mol. The lowest BCUT2D eigenvalue weighted by atomic mass is 9.74. The Morgan fingerprint density at radius 3 is 2.61 bits per heavy atom. The molecule has 1 N–H and O–H groups in total. The Kier molecular flexibility index (Phi) is 6.67. The van der Waals surface area contributed by atoms with Crippen molar-refractivity contribution in [2.75, 3.05) is 33.2 Å². The molecule has 3 aliphatic heterocycles. The summed E-state index contributed by atoms with van der Waals surface area (Å²) in [6.07, 6.45) is 6.12. The van der Waals surface area contributed by atoms with Crippen LogP contribution < -0.4 is 5.32 Å². The minimum Gasteiger partial charge on any atom is -0.339 e. The maximum absolute atomic E-state index is 13.6. The zero-order valence-corrected chi connectivity index (χ0v) is 19.5. The van der Waals surface area contributed by atoms with Crippen LogP contribution in [0.4, 0.5) is 4.79 Å². The third-order valence-corrected chi connectivity index (χ3v) is 8.13. The molecule has 1 aromatic heterocycles. The highest BCUT2D eigenvalue weighted by Gasteiger charge is 2.55. The Balaban J connectivity index is 1.42. The van der Waals surface area contributed by atoms with E-state index in [1.54, 1.807) is 0 Å². The van der Waals surface area contributed by atoms with E-state index in [1.807, 2.05) is 21.7 Å². The van der Waals surface area contributed by atoms with Crippen LogP contribution in [0, 0.1) is 5.92 Å². The van der Waals surface area contributed by atoms with Crippen molar-refractivity contribution in [1.29, 1.82) is 0 Å². The lowest BCUT2D eigenvalue weighted by molar-refractivity contribution is -0.134. The summed E-state index contributed by atoms with van der Waals surface area (Å²) in [6.45, 7) is 4.89. The van der Waals surface area contributed by atoms with E-state index in [9.17, 15) is 14.4 Å². The number of piperidine rings is 1. The maximum atomic E-state index is 13.6. The third-order valence-electron chi connectivity index (χ3n) is 7.45. The smallest absolute Gasteiger partial charge is 0.325 e. The van der Waals surface area contributed by atoms with Crippen LogP contribution in [-0.4, -0.2) is 77.4 Å². The maximum Gasteiger partial charge on any atom is 0.325 e. The van der Waals surface area contributed by atoms with Crippen LogP contribution in [0.3, 0.4) is 0 Å². The molecule has 0 unspecified atom stereocenters. The van der Waals surface area contributed by atoms with Gasteiger partial charge in [0, 0.05) is 31.1 Å². The van der Waals surface area contributed by atoms with Gasteiger partial charge >= 0.3 is 6.03 Å². The minimum absolute atomic E-state index is 0.0531. The molecule has 8 heteroatoms. The monoisotopic (exact) mass is 446 g/mol. The number of imide groups is 1. The molecule has 3 saturated heterocycles. The average molecular weight is 447 g/mol. The predicted octanol–water partition coefficient (Wildman–Crippen LogP) is 3.18. The van der Waals surface area contributed by atoms with Crippen molar-refractivity contribution in [1.82, 2.24) is 20.0 Å². The molecule has 4 amide bonds. The van der Waals surface area contributed by atoms with E-state index in [0.717, 1.165) is 44.2 Å². The van der Waals surface area contributed by atoms with Crippen LogP contribution in [0.5, 0.6) is 0 Å². The molecule has 31 heavy (non-hydrogen) atoms. The third kappa shape index (κ3) is 4.24. The number of urea groups is 1. The van der Waals surface area contributed by atoms with Crippen LogP contribution >= 0.6 is 11.3 Å². The molecule has 0 saturated carbocycles. The van der Waals surface area contributed by atoms with Gasteiger partial charge in [-0.3, -0.25) is 14.5 Å². The number of carbonyl (C=O) groups excluding carboxylic acids is 3. The summed E-state index contributed by atoms with van der Waals surface area (Å²) in [5.74, 6) is 0.0746. The molecule has 0 spiro atoms. The van der Waals surface area contributed by atoms with Gasteiger partial charge in [-0.05, 0) is 69.5 Å². The van der Waals surface area contributed by atoms with Gasteiger partial charge in [-0.15, -0.1) is 0 Å². The van der Waals surface area contributed by atoms with E-state index in [2.05, 4.69) is 24.2 Å². The molecule has 1 aromatic rings. The first-order valence-electron chi connectivity index (χ1n) is 11.6. The Labute approximate surface area is 188 Å². The molecule has 0 radical (unpaired) electrons. The summed E-state index contributed by atoms with van der Waals surface area (Å²) < 4.78 is 0. The lowest BCUT2D eigenvalue weighted by Gasteiger charge is -2.41. The quantitative estimate of drug-likeness (QED) is 0.653. The molecule has 3 fully saturated rings. The minimum atomic E-state index is -0.815. The average Bonchev–Trinajstić information content (AvgIpc) is 3.49. The van der Waals surface area contributed by atoms with Crippen molar-refractivity contribution < 1.29 is 14.4 Å². The fraction of sp³-hybridized carbons (Fsp3) is 0.696. The first-order chi connectivity index (χ1) is 15.0. The first-order valence-corrected chi connectivity index (χ1v) is 12.6. The van der Waals surface area contributed by atoms with E-state index in [1.165, 1.54) is 22.7 Å². The second kappa shape index (κ2) is 9.28. The van der Waals surface area contributed by atoms with Gasteiger partial charge in [0.15, 0.2) is 0 Å². The molecule has 170 valence electrons. The van der Waals surface area contributed by atoms with Crippen LogP contribution in [0.2, 0.25) is 0 Å². The van der Waals surface area contributed by atoms with E-state index in [-0.39, 0.29) is 23.8 Å². The Morgan fingerprint density at radius 1 is 1.23 bits per heavy atom. The van der Waals surface area contributed by atoms with Crippen LogP contribution in [-0.2, 0) is 4.79 Å². The van der Waals surface area contributed by atoms with Crippen LogP contribution in [0.1, 0.15) is 62.2 Å². The second-order valence-corrected chi connectivity index (χ2v) is 10.0. The molecular formula is C23H34N4O3S. The number of rotatable bonds is 7. The van der Waals surface area contributed by atoms with Gasteiger partial charge in [0.05, 0.1) is 5.56 Å². The number of likely N-dealkylation sites (tertiary alicyclic amines) is 2. The summed E-state index contributed by atoms with van der Waals surface area (Å²) in [6, 6.07) is 2.07. The fourth-order valence-corrected chi connectivity index (χ4v) is 6.29. The zero-order valence-electron chi connectivity index (χ0n) is 18.6. The Morgan fingerprint density at radius 2 is 2.00 bits per heavy atom. The molecule has 2 atom stereocenters. The van der Waals surface area contributed by atoms with Gasteiger partial charge in [-0.2, -0.15) is 11.3 Å². The van der Waals surface area contributed by atoms with E-state index < -0.39 is 5.54 Å². The van der Waals surface area contributed by atoms with Gasteiger partial charge in [-0.1, -0.05) is 13.3 Å². The predicted molar refractivity (Wildman–Crippen MR) is 121 cm³/mol. The summed E-state index contributed by atoms with van der Waals surface area (Å²) in [7, 11) is 2.12. The number of carbonyl (C=O) groups is 3. The number of thiophene rings is 1. The van der Waals surface area contributed by atoms with E-state index in [4.69, 9.17) is 0 Å². The Bertz CT molecular complexity index is 806. The molecule has 4 heterocycles. The summed E-state index contributed by atoms with van der Waals surface area (Å²) in [5.41, 5.74) is -0.0784. The van der Waals surface area contributed by atoms with Crippen molar-refractivity contribution in [2.45, 2.75) is 63.5 Å². The largest absolute Gasteiger partial charge is 0.339 e. The van der Waals surface area contributed by atoms with Crippen molar-refractivity contribution >= 4 is 29.2 Å². The van der Waals surface area contributed by atoms with E-state index in [0.29, 0.717) is 32.1 Å². The van der Waals surface area contributed by atoms with Gasteiger partial charge in [0.1, 0.15) is 5.54 Å². The molecule has 0 aliphatic carbocycles. The SMILES string of the molecule is CCC[C@@]1(C2CCN(C(=O)c3ccsc3)CC2)NC(=O)N(CC[C@H]2CCCN2C)C1=O. The lowest BCUT2D eigenvalue weighted by Crippen LogP contribution is -2.56. The molecule has 3 aliphatic rings. The van der Waals surface area contributed by atoms with Crippen LogP contribution in [0.25, 0.3) is 0 Å². The number of hydrogen-bond donors (Lipinski definition) is 1. The number of amides is 4. The fourth-order valence-electron chi connectivity index (χ4n) is 5.66. The number of nitrogens with one attached hydrogen (secondary N) is 1. The molecule has 0 bridgehead atoms. The second-order valence-electron chi connectivity index (χ2n) is 9.25.